The molecule has 1 atom stereocenters. The third kappa shape index (κ3) is 4.39. The van der Waals surface area contributed by atoms with Gasteiger partial charge in [-0.2, -0.15) is 0 Å². The molecule has 122 valence electrons. The number of aryl methyl sites for hydroxylation is 1. The van der Waals surface area contributed by atoms with Crippen molar-refractivity contribution in [3.05, 3.63) is 35.2 Å². The van der Waals surface area contributed by atoms with Crippen molar-refractivity contribution < 1.29 is 9.59 Å². The number of anilines is 1. The Balaban J connectivity index is 2.13. The number of hydrogen-bond donors (Lipinski definition) is 2. The molecule has 0 spiro atoms. The highest BCUT2D eigenvalue weighted by molar-refractivity contribution is 7.14. The molecule has 5 nitrogen and oxygen atoms in total. The molecule has 0 bridgehead atoms. The average Bonchev–Trinajstić information content (AvgIpc) is 2.93. The van der Waals surface area contributed by atoms with Crippen molar-refractivity contribution >= 4 is 28.3 Å². The van der Waals surface area contributed by atoms with Gasteiger partial charge in [0.1, 0.15) is 6.04 Å². The summed E-state index contributed by atoms with van der Waals surface area (Å²) in [4.78, 5) is 28.1. The second-order valence-corrected chi connectivity index (χ2v) is 6.62. The first kappa shape index (κ1) is 17.1. The molecule has 1 aromatic carbocycles. The van der Waals surface area contributed by atoms with E-state index in [2.05, 4.69) is 15.6 Å². The first-order valence-electron chi connectivity index (χ1n) is 7.48. The molecule has 2 rings (SSSR count). The van der Waals surface area contributed by atoms with Crippen molar-refractivity contribution in [3.8, 4) is 11.3 Å². The summed E-state index contributed by atoms with van der Waals surface area (Å²) in [7, 11) is 0. The van der Waals surface area contributed by atoms with Crippen LogP contribution in [0, 0.1) is 12.8 Å². The van der Waals surface area contributed by atoms with Gasteiger partial charge >= 0.3 is 0 Å². The maximum atomic E-state index is 12.3. The summed E-state index contributed by atoms with van der Waals surface area (Å²) in [5.41, 5.74) is 3.02. The topological polar surface area (TPSA) is 71.1 Å². The summed E-state index contributed by atoms with van der Waals surface area (Å²) in [6.07, 6.45) is 0. The van der Waals surface area contributed by atoms with Crippen LogP contribution in [0.15, 0.2) is 29.6 Å². The predicted octanol–water partition coefficient (Wildman–Crippen LogP) is 3.22. The minimum absolute atomic E-state index is 0.00491. The van der Waals surface area contributed by atoms with Crippen LogP contribution >= 0.6 is 11.3 Å². The Morgan fingerprint density at radius 1 is 1.22 bits per heavy atom. The number of aromatic nitrogens is 1. The molecule has 2 amide bonds. The minimum Gasteiger partial charge on any atom is -0.344 e. The Hall–Kier alpha value is -2.21. The summed E-state index contributed by atoms with van der Waals surface area (Å²) in [5, 5.41) is 7.91. The molecular formula is C17H21N3O2S. The van der Waals surface area contributed by atoms with Crippen LogP contribution in [-0.2, 0) is 9.59 Å². The van der Waals surface area contributed by atoms with E-state index >= 15 is 0 Å². The van der Waals surface area contributed by atoms with E-state index in [1.165, 1.54) is 18.3 Å². The monoisotopic (exact) mass is 331 g/mol. The molecule has 0 saturated carbocycles. The largest absolute Gasteiger partial charge is 0.344 e. The van der Waals surface area contributed by atoms with Gasteiger partial charge in [0.2, 0.25) is 11.8 Å². The molecule has 6 heteroatoms. The predicted molar refractivity (Wildman–Crippen MR) is 93.4 cm³/mol. The molecule has 1 aromatic heterocycles. The third-order valence-corrected chi connectivity index (χ3v) is 4.22. The summed E-state index contributed by atoms with van der Waals surface area (Å²) >= 11 is 1.37. The highest BCUT2D eigenvalue weighted by Crippen LogP contribution is 2.27. The summed E-state index contributed by atoms with van der Waals surface area (Å²) in [6.45, 7) is 7.21. The first-order valence-corrected chi connectivity index (χ1v) is 8.36. The smallest absolute Gasteiger partial charge is 0.248 e. The van der Waals surface area contributed by atoms with E-state index in [9.17, 15) is 9.59 Å². The van der Waals surface area contributed by atoms with Gasteiger partial charge in [0, 0.05) is 17.9 Å². The van der Waals surface area contributed by atoms with Gasteiger partial charge in [-0.1, -0.05) is 38.1 Å². The quantitative estimate of drug-likeness (QED) is 0.884. The Morgan fingerprint density at radius 3 is 2.52 bits per heavy atom. The van der Waals surface area contributed by atoms with E-state index in [0.717, 1.165) is 16.8 Å². The fourth-order valence-electron chi connectivity index (χ4n) is 2.25. The molecule has 0 fully saturated rings. The van der Waals surface area contributed by atoms with E-state index < -0.39 is 6.04 Å². The zero-order chi connectivity index (χ0) is 17.0. The molecule has 0 radical (unpaired) electrons. The lowest BCUT2D eigenvalue weighted by molar-refractivity contribution is -0.126. The Bertz CT molecular complexity index is 709. The first-order chi connectivity index (χ1) is 10.9. The number of nitrogens with zero attached hydrogens (tertiary/aromatic N) is 1. The number of hydrogen-bond acceptors (Lipinski definition) is 4. The molecule has 0 aliphatic heterocycles. The van der Waals surface area contributed by atoms with Crippen molar-refractivity contribution in [1.82, 2.24) is 10.3 Å². The molecular weight excluding hydrogens is 310 g/mol. The van der Waals surface area contributed by atoms with Gasteiger partial charge in [0.15, 0.2) is 5.13 Å². The second kappa shape index (κ2) is 7.37. The fourth-order valence-corrected chi connectivity index (χ4v) is 2.97. The summed E-state index contributed by atoms with van der Waals surface area (Å²) in [6, 6.07) is 7.40. The molecule has 2 N–H and O–H groups in total. The summed E-state index contributed by atoms with van der Waals surface area (Å²) in [5.74, 6) is -0.478. The number of carbonyl (C=O) groups excluding carboxylic acids is 2. The van der Waals surface area contributed by atoms with Gasteiger partial charge in [0.05, 0.1) is 5.69 Å². The highest BCUT2D eigenvalue weighted by atomic mass is 32.1. The minimum atomic E-state index is -0.571. The molecule has 0 aliphatic rings. The molecule has 0 aliphatic carbocycles. The van der Waals surface area contributed by atoms with Gasteiger partial charge in [0.25, 0.3) is 0 Å². The van der Waals surface area contributed by atoms with E-state index in [1.807, 2.05) is 50.4 Å². The lowest BCUT2D eigenvalue weighted by Gasteiger charge is -2.20. The number of nitrogens with one attached hydrogen (secondary N) is 2. The van der Waals surface area contributed by atoms with Gasteiger partial charge in [-0.3, -0.25) is 9.59 Å². The van der Waals surface area contributed by atoms with Crippen LogP contribution < -0.4 is 10.6 Å². The zero-order valence-corrected chi connectivity index (χ0v) is 14.5. The van der Waals surface area contributed by atoms with Gasteiger partial charge < -0.3 is 10.6 Å². The molecule has 1 heterocycles. The fraction of sp³-hybridized carbons (Fsp3) is 0.353. The Labute approximate surface area is 140 Å². The van der Waals surface area contributed by atoms with Crippen LogP contribution in [0.5, 0.6) is 0 Å². The number of benzene rings is 1. The van der Waals surface area contributed by atoms with Gasteiger partial charge in [-0.05, 0) is 18.4 Å². The zero-order valence-electron chi connectivity index (χ0n) is 13.7. The maximum Gasteiger partial charge on any atom is 0.248 e. The van der Waals surface area contributed by atoms with Crippen LogP contribution in [-0.4, -0.2) is 22.8 Å². The Morgan fingerprint density at radius 2 is 1.91 bits per heavy atom. The summed E-state index contributed by atoms with van der Waals surface area (Å²) < 4.78 is 0. The lowest BCUT2D eigenvalue weighted by Crippen LogP contribution is -2.46. The normalized spacial score (nSPS) is 12.0. The third-order valence-electron chi connectivity index (χ3n) is 3.46. The van der Waals surface area contributed by atoms with Gasteiger partial charge in [-0.15, -0.1) is 11.3 Å². The molecule has 0 saturated heterocycles. The van der Waals surface area contributed by atoms with Crippen LogP contribution in [0.1, 0.15) is 26.3 Å². The van der Waals surface area contributed by atoms with Crippen LogP contribution in [0.25, 0.3) is 11.3 Å². The van der Waals surface area contributed by atoms with Crippen molar-refractivity contribution in [1.29, 1.82) is 0 Å². The highest BCUT2D eigenvalue weighted by Gasteiger charge is 2.23. The van der Waals surface area contributed by atoms with Gasteiger partial charge in [-0.25, -0.2) is 4.98 Å². The van der Waals surface area contributed by atoms with Crippen LogP contribution in [0.4, 0.5) is 5.13 Å². The number of rotatable bonds is 5. The average molecular weight is 331 g/mol. The van der Waals surface area contributed by atoms with Crippen molar-refractivity contribution in [2.24, 2.45) is 5.92 Å². The lowest BCUT2D eigenvalue weighted by atomic mass is 10.0. The molecule has 0 unspecified atom stereocenters. The van der Waals surface area contributed by atoms with Crippen molar-refractivity contribution in [2.75, 3.05) is 5.32 Å². The Kier molecular flexibility index (Phi) is 5.50. The SMILES string of the molecule is CC(=O)N[C@H](C(=O)Nc1nc(-c2ccccc2C)cs1)C(C)C. The van der Waals surface area contributed by atoms with E-state index in [-0.39, 0.29) is 17.7 Å². The molecule has 23 heavy (non-hydrogen) atoms. The van der Waals surface area contributed by atoms with Crippen molar-refractivity contribution in [2.45, 2.75) is 33.7 Å². The molecule has 2 aromatic rings. The van der Waals surface area contributed by atoms with E-state index in [1.54, 1.807) is 0 Å². The van der Waals surface area contributed by atoms with Crippen LogP contribution in [0.3, 0.4) is 0 Å². The van der Waals surface area contributed by atoms with E-state index in [4.69, 9.17) is 0 Å². The van der Waals surface area contributed by atoms with Crippen molar-refractivity contribution in [3.63, 3.8) is 0 Å². The van der Waals surface area contributed by atoms with Crippen LogP contribution in [0.2, 0.25) is 0 Å². The maximum absolute atomic E-state index is 12.3. The number of amides is 2. The number of thiazole rings is 1. The number of carbonyl (C=O) groups is 2. The second-order valence-electron chi connectivity index (χ2n) is 5.76. The standard InChI is InChI=1S/C17H21N3O2S/c1-10(2)15(18-12(4)21)16(22)20-17-19-14(9-23-17)13-8-6-5-7-11(13)3/h5-10,15H,1-4H3,(H,18,21)(H,19,20,22)/t15-/m0/s1. The van der Waals surface area contributed by atoms with E-state index in [0.29, 0.717) is 5.13 Å².